The monoisotopic (exact) mass is 410 g/mol. The van der Waals surface area contributed by atoms with Crippen LogP contribution in [0, 0.1) is 10.5 Å². The van der Waals surface area contributed by atoms with Gasteiger partial charge >= 0.3 is 0 Å². The van der Waals surface area contributed by atoms with E-state index in [0.717, 1.165) is 24.3 Å². The van der Waals surface area contributed by atoms with E-state index in [1.807, 2.05) is 0 Å². The fourth-order valence-electron chi connectivity index (χ4n) is 2.48. The zero-order valence-electron chi connectivity index (χ0n) is 11.8. The van der Waals surface area contributed by atoms with Crippen LogP contribution in [0.25, 0.3) is 11.0 Å². The number of aromatic nitrogens is 2. The minimum atomic E-state index is 0.592. The van der Waals surface area contributed by atoms with Crippen molar-refractivity contribution in [1.82, 2.24) is 9.55 Å². The van der Waals surface area contributed by atoms with Crippen molar-refractivity contribution in [1.29, 1.82) is 0 Å². The van der Waals surface area contributed by atoms with Gasteiger partial charge in [0.2, 0.25) is 0 Å². The molecule has 3 rings (SSSR count). The van der Waals surface area contributed by atoms with Gasteiger partial charge < -0.3 is 4.57 Å². The second kappa shape index (κ2) is 6.36. The molecule has 2 nitrogen and oxygen atoms in total. The van der Waals surface area contributed by atoms with Gasteiger partial charge in [-0.05, 0) is 53.3 Å². The van der Waals surface area contributed by atoms with Crippen LogP contribution in [0.3, 0.4) is 0 Å². The maximum Gasteiger partial charge on any atom is 0.111 e. The Bertz CT molecular complexity index is 762. The Hall–Kier alpha value is -1.07. The van der Waals surface area contributed by atoms with Crippen LogP contribution in [0.4, 0.5) is 0 Å². The third kappa shape index (κ3) is 3.24. The van der Waals surface area contributed by atoms with Crippen molar-refractivity contribution in [3.8, 4) is 0 Å². The van der Waals surface area contributed by atoms with Crippen LogP contribution in [-0.2, 0) is 13.0 Å². The van der Waals surface area contributed by atoms with Crippen molar-refractivity contribution in [2.45, 2.75) is 19.9 Å². The standard InChI is InChI=1S/C17H16ClIN2/c1-12-2-4-13(5-3-12)11-21-16-7-6-14(19)10-15(16)20-17(21)8-9-18/h2-7,10H,8-9,11H2,1H3. The molecule has 2 aromatic carbocycles. The first-order valence-electron chi connectivity index (χ1n) is 6.93. The van der Waals surface area contributed by atoms with Crippen LogP contribution in [0.2, 0.25) is 0 Å². The lowest BCUT2D eigenvalue weighted by atomic mass is 10.1. The summed E-state index contributed by atoms with van der Waals surface area (Å²) in [6.07, 6.45) is 0.790. The average molecular weight is 411 g/mol. The van der Waals surface area contributed by atoms with E-state index in [0.29, 0.717) is 5.88 Å². The smallest absolute Gasteiger partial charge is 0.111 e. The highest BCUT2D eigenvalue weighted by Crippen LogP contribution is 2.21. The number of aryl methyl sites for hydroxylation is 2. The lowest BCUT2D eigenvalue weighted by Crippen LogP contribution is -2.06. The molecule has 1 aromatic heterocycles. The zero-order valence-corrected chi connectivity index (χ0v) is 14.7. The number of alkyl halides is 1. The SMILES string of the molecule is Cc1ccc(Cn2c(CCCl)nc3cc(I)ccc32)cc1. The van der Waals surface area contributed by atoms with E-state index in [2.05, 4.69) is 76.5 Å². The van der Waals surface area contributed by atoms with E-state index >= 15 is 0 Å². The molecule has 1 heterocycles. The highest BCUT2D eigenvalue weighted by molar-refractivity contribution is 14.1. The Balaban J connectivity index is 2.06. The molecule has 0 aliphatic rings. The number of hydrogen-bond donors (Lipinski definition) is 0. The summed E-state index contributed by atoms with van der Waals surface area (Å²) in [5, 5.41) is 0. The molecule has 0 fully saturated rings. The van der Waals surface area contributed by atoms with Crippen molar-refractivity contribution >= 4 is 45.2 Å². The number of halogens is 2. The average Bonchev–Trinajstić information content (AvgIpc) is 2.79. The van der Waals surface area contributed by atoms with Gasteiger partial charge in [-0.15, -0.1) is 11.6 Å². The van der Waals surface area contributed by atoms with Gasteiger partial charge in [0.25, 0.3) is 0 Å². The number of nitrogens with zero attached hydrogens (tertiary/aromatic N) is 2. The fraction of sp³-hybridized carbons (Fsp3) is 0.235. The summed E-state index contributed by atoms with van der Waals surface area (Å²) >= 11 is 8.26. The largest absolute Gasteiger partial charge is 0.323 e. The van der Waals surface area contributed by atoms with Gasteiger partial charge in [-0.3, -0.25) is 0 Å². The third-order valence-electron chi connectivity index (χ3n) is 3.57. The summed E-state index contributed by atoms with van der Waals surface area (Å²) in [4.78, 5) is 4.75. The molecule has 0 bridgehead atoms. The maximum atomic E-state index is 5.94. The van der Waals surface area contributed by atoms with E-state index in [4.69, 9.17) is 16.6 Å². The Kier molecular flexibility index (Phi) is 4.50. The maximum absolute atomic E-state index is 5.94. The minimum absolute atomic E-state index is 0.592. The zero-order chi connectivity index (χ0) is 14.8. The van der Waals surface area contributed by atoms with Gasteiger partial charge in [0, 0.05) is 22.4 Å². The first-order valence-corrected chi connectivity index (χ1v) is 8.55. The van der Waals surface area contributed by atoms with Crippen LogP contribution in [0.1, 0.15) is 17.0 Å². The summed E-state index contributed by atoms with van der Waals surface area (Å²) in [5.74, 6) is 1.65. The summed E-state index contributed by atoms with van der Waals surface area (Å²) in [6.45, 7) is 2.95. The molecule has 0 N–H and O–H groups in total. The molecule has 0 spiro atoms. The molecule has 0 amide bonds. The number of hydrogen-bond acceptors (Lipinski definition) is 1. The van der Waals surface area contributed by atoms with Gasteiger partial charge in [-0.2, -0.15) is 0 Å². The molecule has 21 heavy (non-hydrogen) atoms. The lowest BCUT2D eigenvalue weighted by molar-refractivity contribution is 0.754. The number of imidazole rings is 1. The molecule has 0 aliphatic carbocycles. The number of fused-ring (bicyclic) bond motifs is 1. The minimum Gasteiger partial charge on any atom is -0.323 e. The highest BCUT2D eigenvalue weighted by Gasteiger charge is 2.11. The molecule has 0 radical (unpaired) electrons. The van der Waals surface area contributed by atoms with Gasteiger partial charge in [-0.25, -0.2) is 4.98 Å². The Morgan fingerprint density at radius 2 is 1.90 bits per heavy atom. The number of rotatable bonds is 4. The molecule has 108 valence electrons. The first-order chi connectivity index (χ1) is 10.2. The Morgan fingerprint density at radius 1 is 1.14 bits per heavy atom. The van der Waals surface area contributed by atoms with Crippen molar-refractivity contribution in [3.63, 3.8) is 0 Å². The lowest BCUT2D eigenvalue weighted by Gasteiger charge is -2.09. The second-order valence-electron chi connectivity index (χ2n) is 5.17. The second-order valence-corrected chi connectivity index (χ2v) is 6.80. The first kappa shape index (κ1) is 14.9. The van der Waals surface area contributed by atoms with Crippen LogP contribution in [0.15, 0.2) is 42.5 Å². The van der Waals surface area contributed by atoms with E-state index < -0.39 is 0 Å². The molecular weight excluding hydrogens is 395 g/mol. The normalized spacial score (nSPS) is 11.2. The summed E-state index contributed by atoms with van der Waals surface area (Å²) in [5.41, 5.74) is 4.80. The number of benzene rings is 2. The topological polar surface area (TPSA) is 17.8 Å². The predicted molar refractivity (Wildman–Crippen MR) is 97.2 cm³/mol. The van der Waals surface area contributed by atoms with Gasteiger partial charge in [0.15, 0.2) is 0 Å². The highest BCUT2D eigenvalue weighted by atomic mass is 127. The molecule has 3 aromatic rings. The van der Waals surface area contributed by atoms with Crippen LogP contribution in [-0.4, -0.2) is 15.4 Å². The van der Waals surface area contributed by atoms with E-state index in [1.54, 1.807) is 0 Å². The predicted octanol–water partition coefficient (Wildman–Crippen LogP) is 4.78. The van der Waals surface area contributed by atoms with Gasteiger partial charge in [-0.1, -0.05) is 29.8 Å². The van der Waals surface area contributed by atoms with E-state index in [-0.39, 0.29) is 0 Å². The van der Waals surface area contributed by atoms with Gasteiger partial charge in [0.1, 0.15) is 5.82 Å². The van der Waals surface area contributed by atoms with Crippen molar-refractivity contribution in [2.24, 2.45) is 0 Å². The van der Waals surface area contributed by atoms with Crippen LogP contribution < -0.4 is 0 Å². The van der Waals surface area contributed by atoms with Crippen LogP contribution >= 0.6 is 34.2 Å². The molecule has 4 heteroatoms. The van der Waals surface area contributed by atoms with Crippen molar-refractivity contribution in [2.75, 3.05) is 5.88 Å². The molecule has 0 aliphatic heterocycles. The summed E-state index contributed by atoms with van der Waals surface area (Å²) < 4.78 is 3.48. The molecular formula is C17H16ClIN2. The molecule has 0 atom stereocenters. The molecule has 0 saturated heterocycles. The fourth-order valence-corrected chi connectivity index (χ4v) is 3.12. The summed E-state index contributed by atoms with van der Waals surface area (Å²) in [6, 6.07) is 15.1. The van der Waals surface area contributed by atoms with Crippen LogP contribution in [0.5, 0.6) is 0 Å². The Labute approximate surface area is 143 Å². The summed E-state index contributed by atoms with van der Waals surface area (Å²) in [7, 11) is 0. The van der Waals surface area contributed by atoms with E-state index in [1.165, 1.54) is 20.2 Å². The third-order valence-corrected chi connectivity index (χ3v) is 4.43. The van der Waals surface area contributed by atoms with Crippen molar-refractivity contribution < 1.29 is 0 Å². The molecule has 0 saturated carbocycles. The van der Waals surface area contributed by atoms with E-state index in [9.17, 15) is 0 Å². The Morgan fingerprint density at radius 3 is 2.62 bits per heavy atom. The van der Waals surface area contributed by atoms with Crippen molar-refractivity contribution in [3.05, 3.63) is 63.0 Å². The molecule has 0 unspecified atom stereocenters. The quantitative estimate of drug-likeness (QED) is 0.447. The van der Waals surface area contributed by atoms with Gasteiger partial charge in [0.05, 0.1) is 11.0 Å².